The van der Waals surface area contributed by atoms with Gasteiger partial charge in [0.2, 0.25) is 15.9 Å². The van der Waals surface area contributed by atoms with Crippen molar-refractivity contribution in [1.29, 1.82) is 0 Å². The Morgan fingerprint density at radius 1 is 1.20 bits per heavy atom. The van der Waals surface area contributed by atoms with Gasteiger partial charge in [-0.05, 0) is 57.4 Å². The lowest BCUT2D eigenvalue weighted by atomic mass is 10.1. The van der Waals surface area contributed by atoms with Crippen LogP contribution < -0.4 is 10.0 Å². The summed E-state index contributed by atoms with van der Waals surface area (Å²) in [6, 6.07) is 3.42. The van der Waals surface area contributed by atoms with E-state index in [0.29, 0.717) is 18.5 Å². The average Bonchev–Trinajstić information content (AvgIpc) is 2.45. The van der Waals surface area contributed by atoms with Gasteiger partial charge in [0.25, 0.3) is 0 Å². The first-order valence-corrected chi connectivity index (χ1v) is 9.44. The first kappa shape index (κ1) is 21.4. The summed E-state index contributed by atoms with van der Waals surface area (Å²) in [5, 5.41) is 2.03. The fourth-order valence-electron chi connectivity index (χ4n) is 2.07. The van der Waals surface area contributed by atoms with Gasteiger partial charge < -0.3 is 5.32 Å². The number of hydrogen-bond donors (Lipinski definition) is 2. The highest BCUT2D eigenvalue weighted by molar-refractivity contribution is 7.90. The van der Waals surface area contributed by atoms with Crippen LogP contribution in [-0.4, -0.2) is 26.1 Å². The minimum absolute atomic E-state index is 0.0355. The molecular weight excluding hydrogens is 357 g/mol. The van der Waals surface area contributed by atoms with E-state index < -0.39 is 27.0 Å². The quantitative estimate of drug-likeness (QED) is 0.679. The van der Waals surface area contributed by atoms with Gasteiger partial charge >= 0.3 is 6.18 Å². The molecule has 1 aromatic carbocycles. The van der Waals surface area contributed by atoms with Gasteiger partial charge in [-0.25, -0.2) is 13.1 Å². The number of rotatable bonds is 8. The number of amides is 1. The minimum atomic E-state index is -4.42. The van der Waals surface area contributed by atoms with E-state index in [1.165, 1.54) is 19.1 Å². The first-order chi connectivity index (χ1) is 11.4. The normalized spacial score (nSPS) is 12.4. The number of alkyl halides is 3. The van der Waals surface area contributed by atoms with Gasteiger partial charge in [0, 0.05) is 18.7 Å². The van der Waals surface area contributed by atoms with Crippen molar-refractivity contribution in [2.24, 2.45) is 0 Å². The second-order valence-electron chi connectivity index (χ2n) is 6.02. The Morgan fingerprint density at radius 3 is 2.36 bits per heavy atom. The molecule has 0 radical (unpaired) electrons. The second kappa shape index (κ2) is 8.66. The van der Waals surface area contributed by atoms with Crippen molar-refractivity contribution in [3.8, 4) is 0 Å². The summed E-state index contributed by atoms with van der Waals surface area (Å²) in [5.74, 6) is -0.328. The molecule has 1 rings (SSSR count). The van der Waals surface area contributed by atoms with Gasteiger partial charge in [0.1, 0.15) is 0 Å². The van der Waals surface area contributed by atoms with E-state index >= 15 is 0 Å². The lowest BCUT2D eigenvalue weighted by Crippen LogP contribution is -2.31. The molecule has 142 valence electrons. The van der Waals surface area contributed by atoms with Crippen LogP contribution in [0.15, 0.2) is 18.2 Å². The topological polar surface area (TPSA) is 75.3 Å². The van der Waals surface area contributed by atoms with E-state index in [4.69, 9.17) is 0 Å². The zero-order valence-corrected chi connectivity index (χ0v) is 15.2. The SMILES string of the molecule is Cc1cc(NC(=O)CCCCNS(=O)(=O)C(C)C)ccc1C(F)(F)F. The molecule has 1 amide bonds. The largest absolute Gasteiger partial charge is 0.416 e. The molecule has 1 aromatic rings. The van der Waals surface area contributed by atoms with Gasteiger partial charge in [-0.15, -0.1) is 0 Å². The summed E-state index contributed by atoms with van der Waals surface area (Å²) in [4.78, 5) is 11.8. The monoisotopic (exact) mass is 380 g/mol. The standard InChI is InChI=1S/C16H23F3N2O3S/c1-11(2)25(23,24)20-9-5-4-6-15(22)21-13-7-8-14(12(3)10-13)16(17,18)19/h7-8,10-11,20H,4-6,9H2,1-3H3,(H,21,22). The van der Waals surface area contributed by atoms with Crippen molar-refractivity contribution < 1.29 is 26.4 Å². The molecule has 0 aliphatic heterocycles. The van der Waals surface area contributed by atoms with Gasteiger partial charge in [-0.2, -0.15) is 13.2 Å². The van der Waals surface area contributed by atoms with E-state index in [2.05, 4.69) is 10.0 Å². The molecule has 0 atom stereocenters. The smallest absolute Gasteiger partial charge is 0.326 e. The molecule has 0 saturated carbocycles. The summed E-state index contributed by atoms with van der Waals surface area (Å²) in [6.07, 6.45) is -3.31. The molecular formula is C16H23F3N2O3S. The zero-order valence-electron chi connectivity index (χ0n) is 14.4. The molecule has 0 aliphatic rings. The maximum atomic E-state index is 12.7. The number of unbranched alkanes of at least 4 members (excludes halogenated alkanes) is 1. The summed E-state index contributed by atoms with van der Waals surface area (Å²) in [6.45, 7) is 4.72. The van der Waals surface area contributed by atoms with E-state index in [1.807, 2.05) is 0 Å². The van der Waals surface area contributed by atoms with Crippen molar-refractivity contribution in [3.63, 3.8) is 0 Å². The van der Waals surface area contributed by atoms with Gasteiger partial charge in [-0.3, -0.25) is 4.79 Å². The van der Waals surface area contributed by atoms with E-state index in [-0.39, 0.29) is 24.4 Å². The van der Waals surface area contributed by atoms with Crippen LogP contribution in [0.3, 0.4) is 0 Å². The number of halogens is 3. The summed E-state index contributed by atoms with van der Waals surface area (Å²) >= 11 is 0. The third kappa shape index (κ3) is 7.03. The predicted molar refractivity (Wildman–Crippen MR) is 90.7 cm³/mol. The van der Waals surface area contributed by atoms with Crippen molar-refractivity contribution >= 4 is 21.6 Å². The van der Waals surface area contributed by atoms with Gasteiger partial charge in [0.15, 0.2) is 0 Å². The third-order valence-electron chi connectivity index (χ3n) is 3.57. The number of carbonyl (C=O) groups is 1. The number of aryl methyl sites for hydroxylation is 1. The minimum Gasteiger partial charge on any atom is -0.326 e. The van der Waals surface area contributed by atoms with Crippen molar-refractivity contribution in [2.75, 3.05) is 11.9 Å². The van der Waals surface area contributed by atoms with Crippen LogP contribution in [0.25, 0.3) is 0 Å². The van der Waals surface area contributed by atoms with E-state index in [9.17, 15) is 26.4 Å². The summed E-state index contributed by atoms with van der Waals surface area (Å²) < 4.78 is 63.5. The number of benzene rings is 1. The summed E-state index contributed by atoms with van der Waals surface area (Å²) in [7, 11) is -3.31. The number of hydrogen-bond acceptors (Lipinski definition) is 3. The maximum Gasteiger partial charge on any atom is 0.416 e. The van der Waals surface area contributed by atoms with Crippen LogP contribution in [0.5, 0.6) is 0 Å². The van der Waals surface area contributed by atoms with Crippen LogP contribution in [-0.2, 0) is 21.0 Å². The fourth-order valence-corrected chi connectivity index (χ4v) is 2.84. The lowest BCUT2D eigenvalue weighted by molar-refractivity contribution is -0.138. The van der Waals surface area contributed by atoms with Gasteiger partial charge in [-0.1, -0.05) is 0 Å². The number of nitrogens with one attached hydrogen (secondary N) is 2. The fraction of sp³-hybridized carbons (Fsp3) is 0.562. The second-order valence-corrected chi connectivity index (χ2v) is 8.34. The Hall–Kier alpha value is -1.61. The first-order valence-electron chi connectivity index (χ1n) is 7.89. The molecule has 25 heavy (non-hydrogen) atoms. The van der Waals surface area contributed by atoms with Crippen LogP contribution in [0, 0.1) is 6.92 Å². The van der Waals surface area contributed by atoms with E-state index in [0.717, 1.165) is 6.07 Å². The number of anilines is 1. The highest BCUT2D eigenvalue weighted by atomic mass is 32.2. The Kier molecular flexibility index (Phi) is 7.43. The average molecular weight is 380 g/mol. The Balaban J connectivity index is 2.42. The molecule has 5 nitrogen and oxygen atoms in total. The molecule has 0 aliphatic carbocycles. The molecule has 9 heteroatoms. The van der Waals surface area contributed by atoms with Crippen LogP contribution in [0.4, 0.5) is 18.9 Å². The Labute approximate surface area is 146 Å². The molecule has 0 bridgehead atoms. The molecule has 0 heterocycles. The predicted octanol–water partition coefficient (Wildman–Crippen LogP) is 3.45. The molecule has 0 spiro atoms. The number of sulfonamides is 1. The molecule has 2 N–H and O–H groups in total. The van der Waals surface area contributed by atoms with Crippen LogP contribution in [0.1, 0.15) is 44.2 Å². The third-order valence-corrected chi connectivity index (χ3v) is 5.42. The molecule has 0 fully saturated rings. The maximum absolute atomic E-state index is 12.7. The van der Waals surface area contributed by atoms with Crippen molar-refractivity contribution in [2.45, 2.75) is 51.5 Å². The molecule has 0 unspecified atom stereocenters. The number of carbonyl (C=O) groups excluding carboxylic acids is 1. The van der Waals surface area contributed by atoms with Crippen molar-refractivity contribution in [3.05, 3.63) is 29.3 Å². The highest BCUT2D eigenvalue weighted by Gasteiger charge is 2.32. The summed E-state index contributed by atoms with van der Waals surface area (Å²) in [5.41, 5.74) is -0.396. The lowest BCUT2D eigenvalue weighted by Gasteiger charge is -2.12. The van der Waals surface area contributed by atoms with Crippen LogP contribution in [0.2, 0.25) is 0 Å². The van der Waals surface area contributed by atoms with E-state index in [1.54, 1.807) is 13.8 Å². The van der Waals surface area contributed by atoms with Crippen LogP contribution >= 0.6 is 0 Å². The Bertz CT molecular complexity index is 701. The van der Waals surface area contributed by atoms with Crippen molar-refractivity contribution in [1.82, 2.24) is 4.72 Å². The highest BCUT2D eigenvalue weighted by Crippen LogP contribution is 2.32. The molecule has 0 aromatic heterocycles. The zero-order chi connectivity index (χ0) is 19.3. The Morgan fingerprint density at radius 2 is 1.84 bits per heavy atom. The molecule has 0 saturated heterocycles. The van der Waals surface area contributed by atoms with Gasteiger partial charge in [0.05, 0.1) is 10.8 Å².